The number of hydrogen-bond acceptors (Lipinski definition) is 27. The summed E-state index contributed by atoms with van der Waals surface area (Å²) >= 11 is 0. The van der Waals surface area contributed by atoms with Crippen molar-refractivity contribution in [3.8, 4) is 11.5 Å². The third-order valence-electron chi connectivity index (χ3n) is 19.5. The van der Waals surface area contributed by atoms with E-state index in [0.717, 1.165) is 24.2 Å². The number of esters is 1. The molecule has 5 heterocycles. The van der Waals surface area contributed by atoms with E-state index in [1.807, 2.05) is 19.9 Å². The summed E-state index contributed by atoms with van der Waals surface area (Å²) in [6.07, 6.45) is 12.3. The highest BCUT2D eigenvalue weighted by molar-refractivity contribution is 5.94. The van der Waals surface area contributed by atoms with Crippen LogP contribution in [0.15, 0.2) is 49.1 Å². The normalized spacial score (nSPS) is 21.1. The predicted octanol–water partition coefficient (Wildman–Crippen LogP) is 2.79. The fourth-order valence-electron chi connectivity index (χ4n) is 13.4. The first-order chi connectivity index (χ1) is 49.4. The number of pyridine rings is 1. The minimum atomic E-state index is -1.07. The summed E-state index contributed by atoms with van der Waals surface area (Å²) in [5.74, 6) is -0.103. The zero-order chi connectivity index (χ0) is 71.0. The zero-order valence-corrected chi connectivity index (χ0v) is 58.8. The number of amides is 1. The van der Waals surface area contributed by atoms with Gasteiger partial charge in [-0.2, -0.15) is 0 Å². The summed E-state index contributed by atoms with van der Waals surface area (Å²) in [7, 11) is 0. The number of carboxylic acids is 1. The molecule has 7 atom stereocenters. The van der Waals surface area contributed by atoms with Gasteiger partial charge in [0.15, 0.2) is 11.5 Å². The van der Waals surface area contributed by atoms with Crippen LogP contribution >= 0.6 is 0 Å². The molecule has 4 unspecified atom stereocenters. The Labute approximate surface area is 590 Å². The number of carbonyl (C=O) groups is 3. The Morgan fingerprint density at radius 2 is 1.09 bits per heavy atom. The third kappa shape index (κ3) is 23.3. The van der Waals surface area contributed by atoms with E-state index in [9.17, 15) is 29.7 Å². The molecule has 3 aromatic heterocycles. The monoisotopic (exact) mass is 1430 g/mol. The molecule has 1 spiro atoms. The molecule has 1 saturated heterocycles. The molecule has 1 aromatic carbocycles. The molecule has 0 radical (unpaired) electrons. The standard InChI is InChI=1S/C70H107N9O22/c1-3-67(47-80,49-97-45-56-43-78(75-73-56)19-23-89-27-31-93-35-39-95-37-33-91-29-25-87-21-12-61(82)83)51-99-52-68(4-2,48-81)50-98-46-57-44-79(76-74-57)20-24-90-28-32-94-36-40-96-38-34-92-30-26-88-22-13-62(84)100-59-8-7-55-41-60-70(86)14-9-58(72-66(85)54-10-16-71-17-11-54)65-69(70,63(55)64(59)101-65)15-18-77(60)42-53-5-6-53/h7-8,10-11,16-17,43-44,53,58,60,65,80-81,86H,3-6,9,12-15,18-42,45-52H2,1-2H3,(H,72,85)(H,82,83)/t58-,60?,65+,67?,68?,69?,70-/m1/s1. The van der Waals surface area contributed by atoms with E-state index in [-0.39, 0.29) is 104 Å². The second kappa shape index (κ2) is 41.6. The Hall–Kier alpha value is -5.82. The number of rotatable bonds is 57. The van der Waals surface area contributed by atoms with Crippen molar-refractivity contribution >= 4 is 17.8 Å². The average Bonchev–Trinajstić information content (AvgIpc) is 1.56. The lowest BCUT2D eigenvalue weighted by molar-refractivity contribution is -0.191. The minimum Gasteiger partial charge on any atom is -0.483 e. The van der Waals surface area contributed by atoms with Crippen LogP contribution in [0.2, 0.25) is 0 Å². The van der Waals surface area contributed by atoms with Crippen LogP contribution in [-0.2, 0) is 109 Å². The number of hydrogen-bond donors (Lipinski definition) is 5. The Bertz CT molecular complexity index is 3070. The summed E-state index contributed by atoms with van der Waals surface area (Å²) in [4.78, 5) is 43.9. The van der Waals surface area contributed by atoms with E-state index in [0.29, 0.717) is 198 Å². The zero-order valence-electron chi connectivity index (χ0n) is 58.8. The first-order valence-electron chi connectivity index (χ1n) is 35.8. The number of aliphatic carboxylic acids is 1. The first kappa shape index (κ1) is 79.3. The number of likely N-dealkylation sites (tertiary alicyclic amines) is 1. The van der Waals surface area contributed by atoms with Crippen LogP contribution in [0, 0.1) is 16.7 Å². The number of benzene rings is 1. The molecule has 2 saturated carbocycles. The molecule has 3 aliphatic carbocycles. The predicted molar refractivity (Wildman–Crippen MR) is 359 cm³/mol. The van der Waals surface area contributed by atoms with Crippen molar-refractivity contribution in [2.24, 2.45) is 16.7 Å². The van der Waals surface area contributed by atoms with Gasteiger partial charge in [0, 0.05) is 46.9 Å². The van der Waals surface area contributed by atoms with Crippen LogP contribution in [-0.4, -0.2) is 287 Å². The van der Waals surface area contributed by atoms with Gasteiger partial charge in [-0.3, -0.25) is 24.3 Å². The molecule has 564 valence electrons. The van der Waals surface area contributed by atoms with Gasteiger partial charge in [-0.1, -0.05) is 30.3 Å². The second-order valence-electron chi connectivity index (χ2n) is 26.6. The van der Waals surface area contributed by atoms with Gasteiger partial charge >= 0.3 is 11.9 Å². The molecule has 2 aliphatic heterocycles. The van der Waals surface area contributed by atoms with E-state index in [1.165, 1.54) is 12.8 Å². The van der Waals surface area contributed by atoms with Crippen molar-refractivity contribution in [2.45, 2.75) is 134 Å². The SMILES string of the molecule is CCC(CO)(COCc1cn(CCOCCOCCOCCOCCOCCC(=O)O)nn1)COCC(CC)(CO)COCc1cn(CCOCCOCCOCCOCCOCCC(=O)Oc2ccc3c4c2O[C@H]2[C@H](NC(=O)c5ccncc5)CC[C@@]5(O)C(C3)N(CC3CC3)CCC425)nn1. The molecular weight excluding hydrogens is 1320 g/mol. The number of carboxylic acid groups (broad SMARTS) is 1. The summed E-state index contributed by atoms with van der Waals surface area (Å²) in [5, 5.41) is 62.6. The number of piperidine rings is 1. The molecule has 101 heavy (non-hydrogen) atoms. The van der Waals surface area contributed by atoms with Crippen LogP contribution in [0.1, 0.15) is 105 Å². The van der Waals surface area contributed by atoms with E-state index >= 15 is 0 Å². The van der Waals surface area contributed by atoms with Gasteiger partial charge in [-0.05, 0) is 87.6 Å². The maximum absolute atomic E-state index is 13.5. The van der Waals surface area contributed by atoms with Crippen LogP contribution < -0.4 is 14.8 Å². The molecule has 5 aliphatic rings. The summed E-state index contributed by atoms with van der Waals surface area (Å²) in [6, 6.07) is 6.75. The van der Waals surface area contributed by atoms with Crippen LogP contribution in [0.4, 0.5) is 0 Å². The van der Waals surface area contributed by atoms with Crippen LogP contribution in [0.3, 0.4) is 0 Å². The number of carbonyl (C=O) groups excluding carboxylic acids is 2. The summed E-state index contributed by atoms with van der Waals surface area (Å²) in [5.41, 5.74) is 0.595. The molecule has 31 heteroatoms. The molecule has 4 aromatic rings. The van der Waals surface area contributed by atoms with E-state index in [1.54, 1.807) is 52.4 Å². The highest BCUT2D eigenvalue weighted by atomic mass is 16.6. The van der Waals surface area contributed by atoms with Crippen LogP contribution in [0.5, 0.6) is 11.5 Å². The van der Waals surface area contributed by atoms with Crippen LogP contribution in [0.25, 0.3) is 0 Å². The largest absolute Gasteiger partial charge is 0.483 e. The number of aromatic nitrogens is 7. The quantitative estimate of drug-likeness (QED) is 0.0241. The molecule has 9 rings (SSSR count). The smallest absolute Gasteiger partial charge is 0.313 e. The number of ether oxygens (including phenoxy) is 15. The van der Waals surface area contributed by atoms with Gasteiger partial charge < -0.3 is 96.8 Å². The summed E-state index contributed by atoms with van der Waals surface area (Å²) in [6.45, 7) is 14.9. The van der Waals surface area contributed by atoms with Crippen molar-refractivity contribution < 1.29 is 106 Å². The van der Waals surface area contributed by atoms with Crippen molar-refractivity contribution in [2.75, 3.05) is 185 Å². The lowest BCUT2D eigenvalue weighted by Gasteiger charge is -2.64. The molecular formula is C70H107N9O22. The van der Waals surface area contributed by atoms with Gasteiger partial charge in [0.2, 0.25) is 0 Å². The molecule has 31 nitrogen and oxygen atoms in total. The van der Waals surface area contributed by atoms with E-state index in [2.05, 4.69) is 35.8 Å². The number of aliphatic hydroxyl groups excluding tert-OH is 2. The average molecular weight is 1430 g/mol. The Morgan fingerprint density at radius 3 is 1.57 bits per heavy atom. The third-order valence-corrected chi connectivity index (χ3v) is 19.5. The number of nitrogens with one attached hydrogen (secondary N) is 1. The topological polar surface area (TPSA) is 360 Å². The van der Waals surface area contributed by atoms with Crippen molar-refractivity contribution in [3.63, 3.8) is 0 Å². The molecule has 3 fully saturated rings. The fourth-order valence-corrected chi connectivity index (χ4v) is 13.4. The summed E-state index contributed by atoms with van der Waals surface area (Å²) < 4.78 is 90.1. The Kier molecular flexibility index (Phi) is 32.7. The van der Waals surface area contributed by atoms with Crippen molar-refractivity contribution in [1.29, 1.82) is 0 Å². The second-order valence-corrected chi connectivity index (χ2v) is 26.6. The van der Waals surface area contributed by atoms with Crippen molar-refractivity contribution in [1.82, 2.24) is 45.2 Å². The minimum absolute atomic E-state index is 0.0158. The lowest BCUT2D eigenvalue weighted by Crippen LogP contribution is -2.78. The van der Waals surface area contributed by atoms with E-state index in [4.69, 9.17) is 76.2 Å². The van der Waals surface area contributed by atoms with Gasteiger partial charge in [0.05, 0.1) is 240 Å². The number of aliphatic hydroxyl groups is 3. The van der Waals surface area contributed by atoms with Gasteiger partial charge in [-0.25, -0.2) is 9.36 Å². The maximum Gasteiger partial charge on any atom is 0.313 e. The first-order valence-corrected chi connectivity index (χ1v) is 35.8. The van der Waals surface area contributed by atoms with E-state index < -0.39 is 39.9 Å². The Balaban J connectivity index is 0.551. The highest BCUT2D eigenvalue weighted by Gasteiger charge is 2.73. The molecule has 1 amide bonds. The highest BCUT2D eigenvalue weighted by Crippen LogP contribution is 2.66. The van der Waals surface area contributed by atoms with Gasteiger partial charge in [0.1, 0.15) is 17.5 Å². The maximum atomic E-state index is 13.5. The van der Waals surface area contributed by atoms with Crippen molar-refractivity contribution in [3.05, 3.63) is 77.1 Å². The lowest BCUT2D eigenvalue weighted by atomic mass is 9.48. The Morgan fingerprint density at radius 1 is 0.604 bits per heavy atom. The van der Waals surface area contributed by atoms with Gasteiger partial charge in [-0.15, -0.1) is 10.2 Å². The molecule has 5 N–H and O–H groups in total. The molecule has 2 bridgehead atoms. The fraction of sp³-hybridized carbons (Fsp3) is 0.743. The number of nitrogens with zero attached hydrogens (tertiary/aromatic N) is 8. The van der Waals surface area contributed by atoms with Gasteiger partial charge in [0.25, 0.3) is 5.91 Å².